The summed E-state index contributed by atoms with van der Waals surface area (Å²) in [5.74, 6) is 0.758. The van der Waals surface area contributed by atoms with E-state index in [4.69, 9.17) is 0 Å². The Bertz CT molecular complexity index is 603. The number of halogens is 2. The van der Waals surface area contributed by atoms with Crippen molar-refractivity contribution < 1.29 is 0 Å². The second kappa shape index (κ2) is 5.90. The Labute approximate surface area is 137 Å². The molecule has 1 atom stereocenters. The van der Waals surface area contributed by atoms with Crippen LogP contribution in [0, 0.1) is 12.8 Å². The highest BCUT2D eigenvalue weighted by atomic mass is 79.9. The number of nitrogens with one attached hydrogen (secondary N) is 1. The van der Waals surface area contributed by atoms with E-state index in [-0.39, 0.29) is 0 Å². The van der Waals surface area contributed by atoms with Gasteiger partial charge in [-0.1, -0.05) is 45.8 Å². The molecule has 0 saturated heterocycles. The molecule has 3 rings (SSSR count). The van der Waals surface area contributed by atoms with Crippen molar-refractivity contribution in [2.45, 2.75) is 25.8 Å². The third-order valence-electron chi connectivity index (χ3n) is 3.77. The molecule has 0 radical (unpaired) electrons. The monoisotopic (exact) mass is 393 g/mol. The van der Waals surface area contributed by atoms with Crippen LogP contribution < -0.4 is 5.32 Å². The molecule has 0 amide bonds. The normalized spacial score (nSPS) is 15.9. The van der Waals surface area contributed by atoms with Gasteiger partial charge in [0, 0.05) is 14.6 Å². The Hall–Kier alpha value is -0.800. The molecule has 1 aliphatic rings. The van der Waals surface area contributed by atoms with Gasteiger partial charge in [0.05, 0.1) is 6.04 Å². The summed E-state index contributed by atoms with van der Waals surface area (Å²) in [5.41, 5.74) is 3.85. The quantitative estimate of drug-likeness (QED) is 0.662. The highest BCUT2D eigenvalue weighted by Gasteiger charge is 2.32. The van der Waals surface area contributed by atoms with Gasteiger partial charge in [-0.15, -0.1) is 0 Å². The van der Waals surface area contributed by atoms with E-state index in [9.17, 15) is 0 Å². The van der Waals surface area contributed by atoms with E-state index in [2.05, 4.69) is 86.6 Å². The van der Waals surface area contributed by atoms with E-state index in [1.807, 2.05) is 0 Å². The SMILES string of the molecule is Cc1ccc(C(Nc2ccc(Br)cc2Br)C2CC2)cc1. The zero-order valence-electron chi connectivity index (χ0n) is 11.4. The minimum absolute atomic E-state index is 0.410. The largest absolute Gasteiger partial charge is 0.377 e. The van der Waals surface area contributed by atoms with E-state index >= 15 is 0 Å². The molecule has 1 aliphatic carbocycles. The van der Waals surface area contributed by atoms with Gasteiger partial charge in [0.15, 0.2) is 0 Å². The Morgan fingerprint density at radius 1 is 1.05 bits per heavy atom. The van der Waals surface area contributed by atoms with Crippen molar-refractivity contribution in [1.29, 1.82) is 0 Å². The van der Waals surface area contributed by atoms with Gasteiger partial charge in [-0.25, -0.2) is 0 Å². The molecule has 0 bridgehead atoms. The van der Waals surface area contributed by atoms with Crippen LogP contribution in [0.25, 0.3) is 0 Å². The maximum absolute atomic E-state index is 3.70. The number of hydrogen-bond acceptors (Lipinski definition) is 1. The lowest BCUT2D eigenvalue weighted by molar-refractivity contribution is 0.678. The van der Waals surface area contributed by atoms with E-state index < -0.39 is 0 Å². The lowest BCUT2D eigenvalue weighted by atomic mass is 10.0. The van der Waals surface area contributed by atoms with Gasteiger partial charge in [0.25, 0.3) is 0 Å². The predicted octanol–water partition coefficient (Wildman–Crippen LogP) is 6.08. The fourth-order valence-electron chi connectivity index (χ4n) is 2.45. The first kappa shape index (κ1) is 14.2. The maximum Gasteiger partial charge on any atom is 0.0542 e. The van der Waals surface area contributed by atoms with E-state index in [1.165, 1.54) is 24.0 Å². The van der Waals surface area contributed by atoms with E-state index in [0.29, 0.717) is 6.04 Å². The summed E-state index contributed by atoms with van der Waals surface area (Å²) in [6, 6.07) is 15.6. The summed E-state index contributed by atoms with van der Waals surface area (Å²) >= 11 is 7.14. The molecule has 2 aromatic carbocycles. The number of rotatable bonds is 4. The molecule has 0 aliphatic heterocycles. The molecule has 1 nitrogen and oxygen atoms in total. The van der Waals surface area contributed by atoms with Gasteiger partial charge in [-0.3, -0.25) is 0 Å². The van der Waals surface area contributed by atoms with Gasteiger partial charge in [0.1, 0.15) is 0 Å². The van der Waals surface area contributed by atoms with Crippen molar-refractivity contribution in [1.82, 2.24) is 0 Å². The van der Waals surface area contributed by atoms with Gasteiger partial charge < -0.3 is 5.32 Å². The number of benzene rings is 2. The predicted molar refractivity (Wildman–Crippen MR) is 92.1 cm³/mol. The first-order valence-electron chi connectivity index (χ1n) is 6.91. The van der Waals surface area contributed by atoms with Gasteiger partial charge in [0.2, 0.25) is 0 Å². The van der Waals surface area contributed by atoms with Gasteiger partial charge >= 0.3 is 0 Å². The average molecular weight is 395 g/mol. The average Bonchev–Trinajstić information content (AvgIpc) is 3.24. The molecule has 1 fully saturated rings. The molecule has 0 spiro atoms. The topological polar surface area (TPSA) is 12.0 Å². The van der Waals surface area contributed by atoms with Crippen LogP contribution in [0.1, 0.15) is 30.0 Å². The highest BCUT2D eigenvalue weighted by Crippen LogP contribution is 2.43. The van der Waals surface area contributed by atoms with Crippen molar-refractivity contribution in [3.05, 3.63) is 62.5 Å². The molecule has 0 heterocycles. The Morgan fingerprint density at radius 3 is 2.35 bits per heavy atom. The minimum Gasteiger partial charge on any atom is -0.377 e. The van der Waals surface area contributed by atoms with Crippen LogP contribution in [0.5, 0.6) is 0 Å². The summed E-state index contributed by atoms with van der Waals surface area (Å²) in [4.78, 5) is 0. The van der Waals surface area contributed by atoms with Crippen LogP contribution in [-0.4, -0.2) is 0 Å². The lowest BCUT2D eigenvalue weighted by Crippen LogP contribution is -2.13. The van der Waals surface area contributed by atoms with Gasteiger partial charge in [-0.05, 0) is 65.4 Å². The standard InChI is InChI=1S/C17H17Br2N/c1-11-2-4-12(5-3-11)17(13-6-7-13)20-16-9-8-14(18)10-15(16)19/h2-5,8-10,13,17,20H,6-7H2,1H3. The lowest BCUT2D eigenvalue weighted by Gasteiger charge is -2.21. The summed E-state index contributed by atoms with van der Waals surface area (Å²) in [6.07, 6.45) is 2.64. The third kappa shape index (κ3) is 3.26. The first-order valence-corrected chi connectivity index (χ1v) is 8.50. The fourth-order valence-corrected chi connectivity index (χ4v) is 3.61. The summed E-state index contributed by atoms with van der Waals surface area (Å²) in [6.45, 7) is 2.13. The molecule has 104 valence electrons. The van der Waals surface area contributed by atoms with Crippen LogP contribution in [0.2, 0.25) is 0 Å². The zero-order valence-corrected chi connectivity index (χ0v) is 14.5. The number of aryl methyl sites for hydroxylation is 1. The Morgan fingerprint density at radius 2 is 1.75 bits per heavy atom. The molecule has 1 saturated carbocycles. The highest BCUT2D eigenvalue weighted by molar-refractivity contribution is 9.11. The van der Waals surface area contributed by atoms with Crippen LogP contribution in [0.4, 0.5) is 5.69 Å². The Kier molecular flexibility index (Phi) is 4.18. The molecule has 1 unspecified atom stereocenters. The van der Waals surface area contributed by atoms with Crippen LogP contribution in [-0.2, 0) is 0 Å². The third-order valence-corrected chi connectivity index (χ3v) is 4.92. The first-order chi connectivity index (χ1) is 9.63. The van der Waals surface area contributed by atoms with E-state index in [0.717, 1.165) is 20.6 Å². The van der Waals surface area contributed by atoms with Crippen molar-refractivity contribution >= 4 is 37.5 Å². The van der Waals surface area contributed by atoms with Crippen molar-refractivity contribution in [2.75, 3.05) is 5.32 Å². The van der Waals surface area contributed by atoms with E-state index in [1.54, 1.807) is 0 Å². The summed E-state index contributed by atoms with van der Waals surface area (Å²) in [5, 5.41) is 3.70. The van der Waals surface area contributed by atoms with Crippen LogP contribution in [0.15, 0.2) is 51.4 Å². The fraction of sp³-hybridized carbons (Fsp3) is 0.294. The second-order valence-corrected chi connectivity index (χ2v) is 7.26. The number of anilines is 1. The number of hydrogen-bond donors (Lipinski definition) is 1. The van der Waals surface area contributed by atoms with Gasteiger partial charge in [-0.2, -0.15) is 0 Å². The van der Waals surface area contributed by atoms with Crippen LogP contribution >= 0.6 is 31.9 Å². The molecule has 2 aromatic rings. The Balaban J connectivity index is 1.86. The smallest absolute Gasteiger partial charge is 0.0542 e. The zero-order chi connectivity index (χ0) is 14.1. The molecule has 1 N–H and O–H groups in total. The van der Waals surface area contributed by atoms with Crippen LogP contribution in [0.3, 0.4) is 0 Å². The summed E-state index contributed by atoms with van der Waals surface area (Å²) < 4.78 is 2.19. The minimum atomic E-state index is 0.410. The molecular formula is C17H17Br2N. The second-order valence-electron chi connectivity index (χ2n) is 5.49. The van der Waals surface area contributed by atoms with Crippen molar-refractivity contribution in [2.24, 2.45) is 5.92 Å². The molecular weight excluding hydrogens is 378 g/mol. The molecule has 3 heteroatoms. The molecule has 0 aromatic heterocycles. The van der Waals surface area contributed by atoms with Crippen molar-refractivity contribution in [3.63, 3.8) is 0 Å². The van der Waals surface area contributed by atoms with Crippen molar-refractivity contribution in [3.8, 4) is 0 Å². The summed E-state index contributed by atoms with van der Waals surface area (Å²) in [7, 11) is 0. The molecule has 20 heavy (non-hydrogen) atoms. The maximum atomic E-state index is 3.70.